The molecule has 11 heteroatoms. The normalized spacial score (nSPS) is 16.0. The van der Waals surface area contributed by atoms with Crippen LogP contribution in [0.4, 0.5) is 5.95 Å². The summed E-state index contributed by atoms with van der Waals surface area (Å²) in [5, 5.41) is 6.00. The number of esters is 1. The summed E-state index contributed by atoms with van der Waals surface area (Å²) in [5.41, 5.74) is -0.0586. The number of hydrogen-bond donors (Lipinski definition) is 1. The van der Waals surface area contributed by atoms with Crippen LogP contribution in [-0.4, -0.2) is 71.6 Å². The van der Waals surface area contributed by atoms with Gasteiger partial charge in [-0.05, 0) is 13.0 Å². The largest absolute Gasteiger partial charge is 0.461 e. The summed E-state index contributed by atoms with van der Waals surface area (Å²) < 4.78 is 31.5. The Bertz CT molecular complexity index is 830. The smallest absolute Gasteiger partial charge is 0.358 e. The molecular weight excluding hydrogens is 348 g/mol. The standard InChI is InChI=1S/C14H18N6O4S/c1-2-24-13(21)11-10-12(18-17-11)25(22,23)20-8-6-19(7-9-20)14-15-4-3-5-16-14/h3-5,10H,2,6-9H2,1H3,(H,17,18). The van der Waals surface area contributed by atoms with Gasteiger partial charge in [-0.15, -0.1) is 0 Å². The van der Waals surface area contributed by atoms with Crippen molar-refractivity contribution in [3.05, 3.63) is 30.2 Å². The molecule has 0 atom stereocenters. The van der Waals surface area contributed by atoms with Crippen molar-refractivity contribution >= 4 is 21.9 Å². The Morgan fingerprint density at radius 3 is 2.56 bits per heavy atom. The van der Waals surface area contributed by atoms with Gasteiger partial charge in [0, 0.05) is 44.6 Å². The van der Waals surface area contributed by atoms with Crippen molar-refractivity contribution in [2.45, 2.75) is 11.9 Å². The molecule has 0 aromatic carbocycles. The van der Waals surface area contributed by atoms with Crippen LogP contribution in [0.15, 0.2) is 29.6 Å². The van der Waals surface area contributed by atoms with E-state index in [9.17, 15) is 13.2 Å². The molecule has 1 fully saturated rings. The summed E-state index contributed by atoms with van der Waals surface area (Å²) in [7, 11) is -3.76. The van der Waals surface area contributed by atoms with Gasteiger partial charge in [-0.2, -0.15) is 9.40 Å². The lowest BCUT2D eigenvalue weighted by molar-refractivity contribution is 0.0519. The van der Waals surface area contributed by atoms with Gasteiger partial charge in [-0.1, -0.05) is 0 Å². The van der Waals surface area contributed by atoms with Gasteiger partial charge < -0.3 is 9.64 Å². The van der Waals surface area contributed by atoms with E-state index in [-0.39, 0.29) is 30.4 Å². The molecule has 0 radical (unpaired) electrons. The van der Waals surface area contributed by atoms with E-state index in [0.29, 0.717) is 19.0 Å². The first-order valence-corrected chi connectivity index (χ1v) is 9.21. The Morgan fingerprint density at radius 1 is 1.24 bits per heavy atom. The Balaban J connectivity index is 1.69. The number of anilines is 1. The Labute approximate surface area is 144 Å². The van der Waals surface area contributed by atoms with E-state index in [2.05, 4.69) is 20.2 Å². The number of H-pyrrole nitrogens is 1. The molecule has 2 aromatic heterocycles. The monoisotopic (exact) mass is 366 g/mol. The molecule has 1 aliphatic heterocycles. The summed E-state index contributed by atoms with van der Waals surface area (Å²) in [6, 6.07) is 2.92. The molecule has 0 aliphatic carbocycles. The van der Waals surface area contributed by atoms with Crippen LogP contribution in [0.1, 0.15) is 17.4 Å². The predicted octanol–water partition coefficient (Wildman–Crippen LogP) is -0.113. The average Bonchev–Trinajstić information content (AvgIpc) is 3.14. The zero-order chi connectivity index (χ0) is 17.9. The third kappa shape index (κ3) is 3.61. The minimum Gasteiger partial charge on any atom is -0.461 e. The van der Waals surface area contributed by atoms with E-state index < -0.39 is 16.0 Å². The predicted molar refractivity (Wildman–Crippen MR) is 87.5 cm³/mol. The highest BCUT2D eigenvalue weighted by atomic mass is 32.2. The number of carbonyl (C=O) groups excluding carboxylic acids is 1. The van der Waals surface area contributed by atoms with Gasteiger partial charge in [0.1, 0.15) is 0 Å². The molecule has 1 saturated heterocycles. The van der Waals surface area contributed by atoms with Gasteiger partial charge in [0.25, 0.3) is 10.0 Å². The van der Waals surface area contributed by atoms with Gasteiger partial charge in [0.05, 0.1) is 6.61 Å². The number of aromatic nitrogens is 4. The highest BCUT2D eigenvalue weighted by Crippen LogP contribution is 2.18. The number of rotatable bonds is 5. The molecule has 1 aliphatic rings. The van der Waals surface area contributed by atoms with Crippen molar-refractivity contribution in [3.8, 4) is 0 Å². The topological polar surface area (TPSA) is 121 Å². The number of carbonyl (C=O) groups is 1. The van der Waals surface area contributed by atoms with E-state index in [1.54, 1.807) is 25.4 Å². The number of sulfonamides is 1. The molecule has 0 bridgehead atoms. The molecule has 3 rings (SSSR count). The summed E-state index contributed by atoms with van der Waals surface area (Å²) >= 11 is 0. The van der Waals surface area contributed by atoms with Crippen LogP contribution in [0.3, 0.4) is 0 Å². The first-order chi connectivity index (χ1) is 12.0. The van der Waals surface area contributed by atoms with Crippen molar-refractivity contribution in [1.29, 1.82) is 0 Å². The van der Waals surface area contributed by atoms with Crippen molar-refractivity contribution in [2.24, 2.45) is 0 Å². The highest BCUT2D eigenvalue weighted by molar-refractivity contribution is 7.89. The molecule has 1 N–H and O–H groups in total. The lowest BCUT2D eigenvalue weighted by Gasteiger charge is -2.33. The quantitative estimate of drug-likeness (QED) is 0.727. The molecule has 0 spiro atoms. The molecule has 0 saturated carbocycles. The Hall–Kier alpha value is -2.53. The van der Waals surface area contributed by atoms with E-state index in [1.807, 2.05) is 4.90 Å². The van der Waals surface area contributed by atoms with Gasteiger partial charge in [-0.3, -0.25) is 5.10 Å². The Kier molecular flexibility index (Phi) is 4.95. The highest BCUT2D eigenvalue weighted by Gasteiger charge is 2.31. The van der Waals surface area contributed by atoms with Crippen LogP contribution in [0.5, 0.6) is 0 Å². The molecule has 10 nitrogen and oxygen atoms in total. The van der Waals surface area contributed by atoms with Gasteiger partial charge in [0.2, 0.25) is 5.95 Å². The van der Waals surface area contributed by atoms with Crippen LogP contribution in [0, 0.1) is 0 Å². The second-order valence-electron chi connectivity index (χ2n) is 5.28. The average molecular weight is 366 g/mol. The first kappa shape index (κ1) is 17.3. The molecule has 2 aromatic rings. The fourth-order valence-electron chi connectivity index (χ4n) is 2.47. The maximum atomic E-state index is 12.7. The number of ether oxygens (including phenoxy) is 1. The zero-order valence-electron chi connectivity index (χ0n) is 13.6. The number of nitrogens with one attached hydrogen (secondary N) is 1. The summed E-state index contributed by atoms with van der Waals surface area (Å²) in [6.45, 7) is 3.38. The molecule has 3 heterocycles. The first-order valence-electron chi connectivity index (χ1n) is 7.77. The van der Waals surface area contributed by atoms with Crippen LogP contribution in [0.2, 0.25) is 0 Å². The van der Waals surface area contributed by atoms with E-state index in [1.165, 1.54) is 10.4 Å². The van der Waals surface area contributed by atoms with Gasteiger partial charge in [0.15, 0.2) is 10.7 Å². The zero-order valence-corrected chi connectivity index (χ0v) is 14.4. The van der Waals surface area contributed by atoms with Crippen LogP contribution < -0.4 is 4.90 Å². The van der Waals surface area contributed by atoms with Gasteiger partial charge >= 0.3 is 5.97 Å². The van der Waals surface area contributed by atoms with Crippen molar-refractivity contribution < 1.29 is 17.9 Å². The molecule has 0 amide bonds. The molecular formula is C14H18N6O4S. The van der Waals surface area contributed by atoms with Crippen LogP contribution in [0.25, 0.3) is 0 Å². The van der Waals surface area contributed by atoms with Crippen LogP contribution >= 0.6 is 0 Å². The summed E-state index contributed by atoms with van der Waals surface area (Å²) in [4.78, 5) is 21.9. The number of aromatic amines is 1. The van der Waals surface area contributed by atoms with Crippen molar-refractivity contribution in [3.63, 3.8) is 0 Å². The number of nitrogens with zero attached hydrogens (tertiary/aromatic N) is 5. The second kappa shape index (κ2) is 7.15. The number of piperazine rings is 1. The third-order valence-corrected chi connectivity index (χ3v) is 5.54. The lowest BCUT2D eigenvalue weighted by atomic mass is 10.4. The SMILES string of the molecule is CCOC(=O)c1cc(S(=O)(=O)N2CCN(c3ncccn3)CC2)[nH]n1. The van der Waals surface area contributed by atoms with E-state index in [4.69, 9.17) is 4.74 Å². The molecule has 25 heavy (non-hydrogen) atoms. The minimum absolute atomic E-state index is 0.0586. The maximum absolute atomic E-state index is 12.7. The maximum Gasteiger partial charge on any atom is 0.358 e. The van der Waals surface area contributed by atoms with Crippen molar-refractivity contribution in [2.75, 3.05) is 37.7 Å². The van der Waals surface area contributed by atoms with Crippen molar-refractivity contribution in [1.82, 2.24) is 24.5 Å². The second-order valence-corrected chi connectivity index (χ2v) is 7.18. The fraction of sp³-hybridized carbons (Fsp3) is 0.429. The van der Waals surface area contributed by atoms with E-state index in [0.717, 1.165) is 0 Å². The molecule has 0 unspecified atom stereocenters. The molecule has 134 valence electrons. The summed E-state index contributed by atoms with van der Waals surface area (Å²) in [6.07, 6.45) is 3.29. The third-order valence-electron chi connectivity index (χ3n) is 3.73. The van der Waals surface area contributed by atoms with Gasteiger partial charge in [-0.25, -0.2) is 23.2 Å². The number of hydrogen-bond acceptors (Lipinski definition) is 8. The van der Waals surface area contributed by atoms with Crippen LogP contribution in [-0.2, 0) is 14.8 Å². The fourth-order valence-corrected chi connectivity index (χ4v) is 3.81. The lowest BCUT2D eigenvalue weighted by Crippen LogP contribution is -2.49. The minimum atomic E-state index is -3.76. The Morgan fingerprint density at radius 2 is 1.92 bits per heavy atom. The summed E-state index contributed by atoms with van der Waals surface area (Å²) in [5.74, 6) is -0.0862. The van der Waals surface area contributed by atoms with E-state index >= 15 is 0 Å².